The van der Waals surface area contributed by atoms with E-state index in [1.54, 1.807) is 0 Å². The van der Waals surface area contributed by atoms with Crippen LogP contribution < -0.4 is 0 Å². The van der Waals surface area contributed by atoms with Gasteiger partial charge < -0.3 is 14.6 Å². The average molecular weight is 375 g/mol. The summed E-state index contributed by atoms with van der Waals surface area (Å²) in [6, 6.07) is 0. The van der Waals surface area contributed by atoms with Crippen LogP contribution in [0.2, 0.25) is 0 Å². The zero-order valence-corrected chi connectivity index (χ0v) is 17.2. The quantitative estimate of drug-likeness (QED) is 0.483. The van der Waals surface area contributed by atoms with Crippen LogP contribution in [-0.2, 0) is 14.3 Å². The van der Waals surface area contributed by atoms with Crippen LogP contribution in [0.4, 0.5) is 0 Å². The lowest BCUT2D eigenvalue weighted by atomic mass is 9.88. The molecule has 1 aliphatic rings. The van der Waals surface area contributed by atoms with Gasteiger partial charge in [-0.05, 0) is 31.1 Å². The van der Waals surface area contributed by atoms with E-state index < -0.39 is 6.10 Å². The molecule has 0 aromatic heterocycles. The van der Waals surface area contributed by atoms with Crippen LogP contribution in [0.25, 0.3) is 0 Å². The minimum Gasteiger partial charge on any atom is -0.465 e. The van der Waals surface area contributed by atoms with E-state index >= 15 is 0 Å². The summed E-state index contributed by atoms with van der Waals surface area (Å²) < 4.78 is 11.2. The molecule has 0 amide bonds. The standard InChI is InChI=1S/C20H38O4S/c1-4-6-10-17(5-2)12-24-20(22)15-25-14-18(21)13-23-19-11-8-7-9-16(19)3/h16-19,21H,4-15H2,1-3H3. The first-order chi connectivity index (χ1) is 12.1. The Hall–Kier alpha value is -0.260. The van der Waals surface area contributed by atoms with E-state index in [2.05, 4.69) is 20.8 Å². The van der Waals surface area contributed by atoms with Crippen molar-refractivity contribution in [3.05, 3.63) is 0 Å². The summed E-state index contributed by atoms with van der Waals surface area (Å²) in [7, 11) is 0. The van der Waals surface area contributed by atoms with Gasteiger partial charge in [-0.2, -0.15) is 0 Å². The number of unbranched alkanes of at least 4 members (excludes halogenated alkanes) is 1. The number of hydrogen-bond donors (Lipinski definition) is 1. The second-order valence-corrected chi connectivity index (χ2v) is 8.43. The Morgan fingerprint density at radius 1 is 1.24 bits per heavy atom. The van der Waals surface area contributed by atoms with Crippen molar-refractivity contribution in [1.82, 2.24) is 0 Å². The van der Waals surface area contributed by atoms with Gasteiger partial charge in [-0.1, -0.05) is 52.9 Å². The molecule has 0 aromatic carbocycles. The number of carbonyl (C=O) groups excluding carboxylic acids is 1. The first-order valence-corrected chi connectivity index (χ1v) is 11.2. The van der Waals surface area contributed by atoms with Crippen molar-refractivity contribution in [3.63, 3.8) is 0 Å². The van der Waals surface area contributed by atoms with Gasteiger partial charge in [-0.3, -0.25) is 4.79 Å². The average Bonchev–Trinajstić information content (AvgIpc) is 2.61. The fraction of sp³-hybridized carbons (Fsp3) is 0.950. The number of hydrogen-bond acceptors (Lipinski definition) is 5. The summed E-state index contributed by atoms with van der Waals surface area (Å²) in [5.74, 6) is 1.71. The fourth-order valence-corrected chi connectivity index (χ4v) is 3.98. The molecule has 148 valence electrons. The molecule has 1 rings (SSSR count). The van der Waals surface area contributed by atoms with Crippen LogP contribution in [0, 0.1) is 11.8 Å². The molecule has 0 heterocycles. The number of esters is 1. The zero-order chi connectivity index (χ0) is 18.5. The molecule has 4 nitrogen and oxygen atoms in total. The van der Waals surface area contributed by atoms with Crippen molar-refractivity contribution < 1.29 is 19.4 Å². The SMILES string of the molecule is CCCCC(CC)COC(=O)CSCC(O)COC1CCCCC1C. The molecule has 1 N–H and O–H groups in total. The van der Waals surface area contributed by atoms with Gasteiger partial charge in [0.1, 0.15) is 0 Å². The van der Waals surface area contributed by atoms with E-state index in [1.807, 2.05) is 0 Å². The number of ether oxygens (including phenoxy) is 2. The number of aliphatic hydroxyl groups excluding tert-OH is 1. The molecule has 1 aliphatic carbocycles. The summed E-state index contributed by atoms with van der Waals surface area (Å²) >= 11 is 1.43. The smallest absolute Gasteiger partial charge is 0.315 e. The highest BCUT2D eigenvalue weighted by molar-refractivity contribution is 7.99. The molecule has 0 saturated heterocycles. The third kappa shape index (κ3) is 10.5. The summed E-state index contributed by atoms with van der Waals surface area (Å²) in [6.45, 7) is 7.45. The lowest BCUT2D eigenvalue weighted by Crippen LogP contribution is -2.30. The Morgan fingerprint density at radius 2 is 2.00 bits per heavy atom. The normalized spacial score (nSPS) is 23.2. The molecule has 4 unspecified atom stereocenters. The molecule has 0 radical (unpaired) electrons. The van der Waals surface area contributed by atoms with Gasteiger partial charge in [-0.25, -0.2) is 0 Å². The predicted molar refractivity (Wildman–Crippen MR) is 105 cm³/mol. The molecular weight excluding hydrogens is 336 g/mol. The van der Waals surface area contributed by atoms with Gasteiger partial charge in [-0.15, -0.1) is 11.8 Å². The lowest BCUT2D eigenvalue weighted by molar-refractivity contribution is -0.141. The van der Waals surface area contributed by atoms with Gasteiger partial charge in [0, 0.05) is 5.75 Å². The minimum atomic E-state index is -0.514. The van der Waals surface area contributed by atoms with E-state index in [4.69, 9.17) is 9.47 Å². The van der Waals surface area contributed by atoms with Crippen LogP contribution in [0.3, 0.4) is 0 Å². The van der Waals surface area contributed by atoms with E-state index in [0.29, 0.717) is 36.6 Å². The second-order valence-electron chi connectivity index (χ2n) is 7.40. The van der Waals surface area contributed by atoms with Crippen LogP contribution in [0.15, 0.2) is 0 Å². The first kappa shape index (κ1) is 22.8. The van der Waals surface area contributed by atoms with Gasteiger partial charge >= 0.3 is 5.97 Å². The summed E-state index contributed by atoms with van der Waals surface area (Å²) in [6.07, 6.45) is 9.16. The van der Waals surface area contributed by atoms with E-state index in [1.165, 1.54) is 43.9 Å². The Balaban J connectivity index is 2.07. The predicted octanol–water partition coefficient (Wildman–Crippen LogP) is 4.44. The van der Waals surface area contributed by atoms with Crippen molar-refractivity contribution in [1.29, 1.82) is 0 Å². The van der Waals surface area contributed by atoms with Crippen LogP contribution in [-0.4, -0.2) is 48.0 Å². The molecule has 1 saturated carbocycles. The van der Waals surface area contributed by atoms with Crippen molar-refractivity contribution in [3.8, 4) is 0 Å². The maximum Gasteiger partial charge on any atom is 0.315 e. The number of carbonyl (C=O) groups is 1. The molecule has 25 heavy (non-hydrogen) atoms. The maximum atomic E-state index is 11.8. The van der Waals surface area contributed by atoms with Crippen LogP contribution >= 0.6 is 11.8 Å². The highest BCUT2D eigenvalue weighted by Gasteiger charge is 2.22. The molecule has 0 aromatic rings. The van der Waals surface area contributed by atoms with Crippen molar-refractivity contribution in [2.75, 3.05) is 24.7 Å². The highest BCUT2D eigenvalue weighted by atomic mass is 32.2. The van der Waals surface area contributed by atoms with Crippen molar-refractivity contribution in [2.45, 2.75) is 84.3 Å². The van der Waals surface area contributed by atoms with E-state index in [0.717, 1.165) is 19.3 Å². The highest BCUT2D eigenvalue weighted by Crippen LogP contribution is 2.26. The summed E-state index contributed by atoms with van der Waals surface area (Å²) in [5, 5.41) is 10.0. The number of rotatable bonds is 13. The fourth-order valence-electron chi connectivity index (χ4n) is 3.24. The molecular formula is C20H38O4S. The molecule has 5 heteroatoms. The number of thioether (sulfide) groups is 1. The summed E-state index contributed by atoms with van der Waals surface area (Å²) in [4.78, 5) is 11.8. The van der Waals surface area contributed by atoms with Gasteiger partial charge in [0.2, 0.25) is 0 Å². The van der Waals surface area contributed by atoms with Crippen molar-refractivity contribution >= 4 is 17.7 Å². The van der Waals surface area contributed by atoms with E-state index in [-0.39, 0.29) is 12.1 Å². The Kier molecular flexibility index (Phi) is 12.6. The van der Waals surface area contributed by atoms with E-state index in [9.17, 15) is 9.90 Å². The topological polar surface area (TPSA) is 55.8 Å². The monoisotopic (exact) mass is 374 g/mol. The molecule has 1 fully saturated rings. The maximum absolute atomic E-state index is 11.8. The van der Waals surface area contributed by atoms with Gasteiger partial charge in [0.15, 0.2) is 0 Å². The van der Waals surface area contributed by atoms with Crippen LogP contribution in [0.1, 0.15) is 72.1 Å². The molecule has 0 bridgehead atoms. The molecule has 0 spiro atoms. The zero-order valence-electron chi connectivity index (χ0n) is 16.4. The Bertz CT molecular complexity index is 351. The second kappa shape index (κ2) is 13.9. The lowest BCUT2D eigenvalue weighted by Gasteiger charge is -2.29. The third-order valence-electron chi connectivity index (χ3n) is 5.09. The molecule has 4 atom stereocenters. The Morgan fingerprint density at radius 3 is 2.68 bits per heavy atom. The van der Waals surface area contributed by atoms with Gasteiger partial charge in [0.25, 0.3) is 0 Å². The minimum absolute atomic E-state index is 0.172. The first-order valence-electron chi connectivity index (χ1n) is 10.1. The largest absolute Gasteiger partial charge is 0.465 e. The third-order valence-corrected chi connectivity index (χ3v) is 6.15. The summed E-state index contributed by atoms with van der Waals surface area (Å²) in [5.41, 5.74) is 0. The molecule has 0 aliphatic heterocycles. The van der Waals surface area contributed by atoms with Crippen LogP contribution in [0.5, 0.6) is 0 Å². The van der Waals surface area contributed by atoms with Crippen molar-refractivity contribution in [2.24, 2.45) is 11.8 Å². The Labute approximate surface area is 158 Å². The number of aliphatic hydroxyl groups is 1. The van der Waals surface area contributed by atoms with Gasteiger partial charge in [0.05, 0.1) is 31.2 Å².